The third kappa shape index (κ3) is 3.19. The lowest BCUT2D eigenvalue weighted by Crippen LogP contribution is -2.06. The lowest BCUT2D eigenvalue weighted by Gasteiger charge is -2.07. The van der Waals surface area contributed by atoms with Crippen LogP contribution >= 0.6 is 12.2 Å². The molecule has 1 aliphatic rings. The van der Waals surface area contributed by atoms with Crippen LogP contribution in [0.25, 0.3) is 0 Å². The maximum Gasteiger partial charge on any atom is 0.177 e. The van der Waals surface area contributed by atoms with Crippen LogP contribution in [0.5, 0.6) is 0 Å². The molecule has 16 heavy (non-hydrogen) atoms. The fourth-order valence-corrected chi connectivity index (χ4v) is 2.10. The van der Waals surface area contributed by atoms with Crippen LogP contribution in [-0.2, 0) is 17.7 Å². The van der Waals surface area contributed by atoms with Gasteiger partial charge in [0, 0.05) is 31.6 Å². The molecule has 0 spiro atoms. The van der Waals surface area contributed by atoms with Crippen molar-refractivity contribution in [3.8, 4) is 0 Å². The SMILES string of the molecule is CCc1c[nH]c(=S)n1CCCOCC1CC1. The molecule has 1 heterocycles. The highest BCUT2D eigenvalue weighted by Gasteiger charge is 2.20. The summed E-state index contributed by atoms with van der Waals surface area (Å²) in [6, 6.07) is 0. The number of nitrogens with zero attached hydrogens (tertiary/aromatic N) is 1. The molecule has 0 aromatic carbocycles. The molecule has 1 aromatic rings. The molecule has 3 nitrogen and oxygen atoms in total. The molecule has 1 aromatic heterocycles. The van der Waals surface area contributed by atoms with Crippen molar-refractivity contribution in [1.29, 1.82) is 0 Å². The third-order valence-corrected chi connectivity index (χ3v) is 3.38. The van der Waals surface area contributed by atoms with Crippen molar-refractivity contribution in [2.75, 3.05) is 13.2 Å². The van der Waals surface area contributed by atoms with Gasteiger partial charge < -0.3 is 14.3 Å². The first-order valence-corrected chi connectivity index (χ1v) is 6.57. The molecule has 2 rings (SSSR count). The highest BCUT2D eigenvalue weighted by atomic mass is 32.1. The Balaban J connectivity index is 1.70. The predicted octanol–water partition coefficient (Wildman–Crippen LogP) is 2.92. The van der Waals surface area contributed by atoms with E-state index in [1.807, 2.05) is 6.20 Å². The molecule has 1 saturated carbocycles. The minimum absolute atomic E-state index is 0.832. The Hall–Kier alpha value is -0.610. The molecular formula is C12H20N2OS. The molecule has 1 N–H and O–H groups in total. The molecule has 0 amide bonds. The fraction of sp³-hybridized carbons (Fsp3) is 0.750. The van der Waals surface area contributed by atoms with Gasteiger partial charge in [0.05, 0.1) is 0 Å². The second-order valence-electron chi connectivity index (χ2n) is 4.46. The molecule has 0 bridgehead atoms. The number of H-pyrrole nitrogens is 1. The maximum absolute atomic E-state index is 5.61. The number of aromatic nitrogens is 2. The van der Waals surface area contributed by atoms with E-state index in [-0.39, 0.29) is 0 Å². The van der Waals surface area contributed by atoms with Crippen LogP contribution in [0.2, 0.25) is 0 Å². The van der Waals surface area contributed by atoms with Crippen molar-refractivity contribution in [3.05, 3.63) is 16.7 Å². The normalized spacial score (nSPS) is 15.6. The van der Waals surface area contributed by atoms with Gasteiger partial charge in [-0.2, -0.15) is 0 Å². The van der Waals surface area contributed by atoms with Crippen molar-refractivity contribution < 1.29 is 4.74 Å². The van der Waals surface area contributed by atoms with Gasteiger partial charge in [-0.05, 0) is 43.8 Å². The van der Waals surface area contributed by atoms with Crippen LogP contribution in [-0.4, -0.2) is 22.8 Å². The Bertz CT molecular complexity index is 379. The minimum atomic E-state index is 0.832. The Morgan fingerprint density at radius 1 is 1.56 bits per heavy atom. The summed E-state index contributed by atoms with van der Waals surface area (Å²) in [6.07, 6.45) is 6.81. The number of rotatable bonds is 7. The molecule has 0 radical (unpaired) electrons. The zero-order chi connectivity index (χ0) is 11.4. The topological polar surface area (TPSA) is 29.9 Å². The molecule has 0 atom stereocenters. The Kier molecular flexibility index (Phi) is 4.18. The number of hydrogen-bond donors (Lipinski definition) is 1. The molecular weight excluding hydrogens is 220 g/mol. The first-order valence-electron chi connectivity index (χ1n) is 6.16. The van der Waals surface area contributed by atoms with Crippen LogP contribution in [0.15, 0.2) is 6.20 Å². The second kappa shape index (κ2) is 5.64. The number of nitrogens with one attached hydrogen (secondary N) is 1. The summed E-state index contributed by atoms with van der Waals surface area (Å²) in [4.78, 5) is 3.09. The summed E-state index contributed by atoms with van der Waals surface area (Å²) in [7, 11) is 0. The van der Waals surface area contributed by atoms with E-state index < -0.39 is 0 Å². The lowest BCUT2D eigenvalue weighted by molar-refractivity contribution is 0.119. The first-order chi connectivity index (χ1) is 7.81. The fourth-order valence-electron chi connectivity index (χ4n) is 1.83. The molecule has 0 unspecified atom stereocenters. The predicted molar refractivity (Wildman–Crippen MR) is 67.2 cm³/mol. The van der Waals surface area contributed by atoms with E-state index in [4.69, 9.17) is 17.0 Å². The van der Waals surface area contributed by atoms with Crippen LogP contribution in [0.4, 0.5) is 0 Å². The largest absolute Gasteiger partial charge is 0.381 e. The summed E-state index contributed by atoms with van der Waals surface area (Å²) in [5, 5.41) is 0. The van der Waals surface area contributed by atoms with E-state index in [9.17, 15) is 0 Å². The van der Waals surface area contributed by atoms with E-state index >= 15 is 0 Å². The Morgan fingerprint density at radius 2 is 2.38 bits per heavy atom. The quantitative estimate of drug-likeness (QED) is 0.586. The van der Waals surface area contributed by atoms with E-state index in [1.165, 1.54) is 18.5 Å². The van der Waals surface area contributed by atoms with Gasteiger partial charge in [0.1, 0.15) is 0 Å². The monoisotopic (exact) mass is 240 g/mol. The zero-order valence-corrected chi connectivity index (χ0v) is 10.7. The third-order valence-electron chi connectivity index (χ3n) is 3.04. The molecule has 1 fully saturated rings. The van der Waals surface area contributed by atoms with E-state index in [0.29, 0.717) is 0 Å². The van der Waals surface area contributed by atoms with Gasteiger partial charge in [-0.15, -0.1) is 0 Å². The van der Waals surface area contributed by atoms with Gasteiger partial charge in [0.2, 0.25) is 0 Å². The number of imidazole rings is 1. The van der Waals surface area contributed by atoms with Crippen molar-refractivity contribution in [1.82, 2.24) is 9.55 Å². The van der Waals surface area contributed by atoms with E-state index in [2.05, 4.69) is 16.5 Å². The smallest absolute Gasteiger partial charge is 0.177 e. The van der Waals surface area contributed by atoms with Crippen LogP contribution in [0.3, 0.4) is 0 Å². The summed E-state index contributed by atoms with van der Waals surface area (Å²) in [5.74, 6) is 0.862. The van der Waals surface area contributed by atoms with Crippen molar-refractivity contribution in [3.63, 3.8) is 0 Å². The average Bonchev–Trinajstić information content (AvgIpc) is 3.04. The summed E-state index contributed by atoms with van der Waals surface area (Å²) in [6.45, 7) is 4.93. The number of aryl methyl sites for hydroxylation is 1. The Labute approximate surface area is 102 Å². The number of aromatic amines is 1. The van der Waals surface area contributed by atoms with Crippen LogP contribution in [0.1, 0.15) is 31.9 Å². The van der Waals surface area contributed by atoms with Crippen molar-refractivity contribution in [2.24, 2.45) is 5.92 Å². The second-order valence-corrected chi connectivity index (χ2v) is 4.85. The molecule has 0 aliphatic heterocycles. The standard InChI is InChI=1S/C12H20N2OS/c1-2-11-8-13-12(16)14(11)6-3-7-15-9-10-4-5-10/h8,10H,2-7,9H2,1H3,(H,13,16). The number of ether oxygens (including phenoxy) is 1. The molecule has 90 valence electrons. The van der Waals surface area contributed by atoms with Gasteiger partial charge in [0.25, 0.3) is 0 Å². The van der Waals surface area contributed by atoms with Gasteiger partial charge in [-0.3, -0.25) is 0 Å². The van der Waals surface area contributed by atoms with Crippen LogP contribution < -0.4 is 0 Å². The maximum atomic E-state index is 5.61. The first kappa shape index (κ1) is 11.9. The highest BCUT2D eigenvalue weighted by Crippen LogP contribution is 2.28. The van der Waals surface area contributed by atoms with Crippen molar-refractivity contribution >= 4 is 12.2 Å². The average molecular weight is 240 g/mol. The van der Waals surface area contributed by atoms with Gasteiger partial charge >= 0.3 is 0 Å². The van der Waals surface area contributed by atoms with E-state index in [0.717, 1.165) is 43.3 Å². The highest BCUT2D eigenvalue weighted by molar-refractivity contribution is 7.71. The molecule has 1 aliphatic carbocycles. The molecule has 0 saturated heterocycles. The van der Waals surface area contributed by atoms with Crippen molar-refractivity contribution in [2.45, 2.75) is 39.2 Å². The Morgan fingerprint density at radius 3 is 3.06 bits per heavy atom. The number of hydrogen-bond acceptors (Lipinski definition) is 2. The van der Waals surface area contributed by atoms with Gasteiger partial charge in [-0.1, -0.05) is 6.92 Å². The van der Waals surface area contributed by atoms with Crippen LogP contribution in [0, 0.1) is 10.7 Å². The lowest BCUT2D eigenvalue weighted by atomic mass is 10.3. The summed E-state index contributed by atoms with van der Waals surface area (Å²) < 4.78 is 8.62. The van der Waals surface area contributed by atoms with E-state index in [1.54, 1.807) is 0 Å². The zero-order valence-electron chi connectivity index (χ0n) is 9.87. The minimum Gasteiger partial charge on any atom is -0.381 e. The molecule has 4 heteroatoms. The summed E-state index contributed by atoms with van der Waals surface area (Å²) >= 11 is 5.24. The summed E-state index contributed by atoms with van der Waals surface area (Å²) in [5.41, 5.74) is 1.28. The van der Waals surface area contributed by atoms with Gasteiger partial charge in [-0.25, -0.2) is 0 Å². The van der Waals surface area contributed by atoms with Gasteiger partial charge in [0.15, 0.2) is 4.77 Å².